The zero-order valence-electron chi connectivity index (χ0n) is 20.2. The Hall–Kier alpha value is -3.84. The number of anilines is 2. The molecule has 1 aliphatic heterocycles. The minimum Gasteiger partial charge on any atom is -0.467 e. The zero-order chi connectivity index (χ0) is 26.5. The van der Waals surface area contributed by atoms with Gasteiger partial charge in [0, 0.05) is 5.56 Å². The molecular weight excluding hydrogens is 493 g/mol. The number of rotatable bonds is 9. The third-order valence-corrected chi connectivity index (χ3v) is 5.76. The first-order chi connectivity index (χ1) is 17.8. The van der Waals surface area contributed by atoms with Crippen LogP contribution < -0.4 is 15.4 Å². The van der Waals surface area contributed by atoms with Crippen LogP contribution in [0.3, 0.4) is 0 Å². The lowest BCUT2D eigenvalue weighted by atomic mass is 9.99. The summed E-state index contributed by atoms with van der Waals surface area (Å²) < 4.78 is 58.0. The Morgan fingerprint density at radius 3 is 2.49 bits per heavy atom. The molecule has 0 aliphatic carbocycles. The first kappa shape index (κ1) is 26.2. The summed E-state index contributed by atoms with van der Waals surface area (Å²) in [6.07, 6.45) is -1.06. The Morgan fingerprint density at radius 2 is 1.84 bits per heavy atom. The fourth-order valence-corrected chi connectivity index (χ4v) is 3.85. The number of halogens is 3. The van der Waals surface area contributed by atoms with E-state index in [1.54, 1.807) is 19.9 Å². The van der Waals surface area contributed by atoms with Gasteiger partial charge in [-0.1, -0.05) is 18.2 Å². The van der Waals surface area contributed by atoms with E-state index >= 15 is 0 Å². The van der Waals surface area contributed by atoms with Crippen LogP contribution >= 0.6 is 0 Å². The van der Waals surface area contributed by atoms with Gasteiger partial charge in [0.05, 0.1) is 67.2 Å². The number of hydrogen-bond acceptors (Lipinski definition) is 9. The van der Waals surface area contributed by atoms with Crippen molar-refractivity contribution in [1.82, 2.24) is 20.2 Å². The molecule has 2 N–H and O–H groups in total. The summed E-state index contributed by atoms with van der Waals surface area (Å²) in [7, 11) is 1.35. The summed E-state index contributed by atoms with van der Waals surface area (Å²) in [4.78, 5) is 21.8. The molecule has 0 radical (unpaired) electrons. The predicted molar refractivity (Wildman–Crippen MR) is 126 cm³/mol. The van der Waals surface area contributed by atoms with E-state index in [4.69, 9.17) is 14.2 Å². The molecule has 4 rings (SSSR count). The number of ether oxygens (including phenoxy) is 3. The third kappa shape index (κ3) is 5.78. The van der Waals surface area contributed by atoms with E-state index in [0.29, 0.717) is 24.5 Å². The lowest BCUT2D eigenvalue weighted by molar-refractivity contribution is -0.117. The second-order valence-corrected chi connectivity index (χ2v) is 8.19. The fourth-order valence-electron chi connectivity index (χ4n) is 3.85. The van der Waals surface area contributed by atoms with E-state index in [9.17, 15) is 18.0 Å². The lowest BCUT2D eigenvalue weighted by Gasteiger charge is -2.24. The normalized spacial score (nSPS) is 15.4. The number of amides is 1. The largest absolute Gasteiger partial charge is 0.467 e. The van der Waals surface area contributed by atoms with Crippen LogP contribution in [0.15, 0.2) is 36.7 Å². The predicted octanol–water partition coefficient (Wildman–Crippen LogP) is 4.31. The highest BCUT2D eigenvalue weighted by atomic mass is 19.3. The van der Waals surface area contributed by atoms with Crippen LogP contribution in [0.4, 0.5) is 24.7 Å². The second-order valence-electron chi connectivity index (χ2n) is 8.19. The molecule has 13 heteroatoms. The van der Waals surface area contributed by atoms with E-state index in [1.165, 1.54) is 31.6 Å². The SMILES string of the molecule is COc1nc(N[C@H](C)c2cccc(C(F)F)c2F)c(C2OCCO2)c(C(C)C(=O)Nc2ccnnc2)n1. The molecule has 3 heterocycles. The molecule has 0 bridgehead atoms. The van der Waals surface area contributed by atoms with Gasteiger partial charge in [-0.2, -0.15) is 20.2 Å². The van der Waals surface area contributed by atoms with Crippen molar-refractivity contribution in [2.24, 2.45) is 0 Å². The van der Waals surface area contributed by atoms with Crippen LogP contribution in [0.2, 0.25) is 0 Å². The highest BCUT2D eigenvalue weighted by Gasteiger charge is 2.33. The molecule has 196 valence electrons. The highest BCUT2D eigenvalue weighted by molar-refractivity contribution is 5.95. The Balaban J connectivity index is 1.73. The summed E-state index contributed by atoms with van der Waals surface area (Å²) in [5.74, 6) is -2.13. The highest BCUT2D eigenvalue weighted by Crippen LogP contribution is 2.38. The molecule has 1 fully saturated rings. The molecule has 2 aromatic heterocycles. The maximum atomic E-state index is 14.9. The number of aromatic nitrogens is 4. The van der Waals surface area contributed by atoms with Gasteiger partial charge in [-0.05, 0) is 19.9 Å². The summed E-state index contributed by atoms with van der Waals surface area (Å²) in [6.45, 7) is 3.80. The van der Waals surface area contributed by atoms with Gasteiger partial charge >= 0.3 is 6.01 Å². The van der Waals surface area contributed by atoms with Crippen LogP contribution in [0.25, 0.3) is 0 Å². The average Bonchev–Trinajstić information content (AvgIpc) is 3.42. The van der Waals surface area contributed by atoms with E-state index in [-0.39, 0.29) is 23.1 Å². The monoisotopic (exact) mass is 518 g/mol. The van der Waals surface area contributed by atoms with Gasteiger partial charge in [-0.3, -0.25) is 4.79 Å². The molecular formula is C24H25F3N6O4. The van der Waals surface area contributed by atoms with E-state index in [0.717, 1.165) is 6.07 Å². The van der Waals surface area contributed by atoms with Crippen LogP contribution in [-0.4, -0.2) is 46.4 Å². The van der Waals surface area contributed by atoms with Crippen LogP contribution in [0.1, 0.15) is 60.9 Å². The van der Waals surface area contributed by atoms with E-state index in [1.807, 2.05) is 0 Å². The summed E-state index contributed by atoms with van der Waals surface area (Å²) in [5, 5.41) is 13.2. The first-order valence-corrected chi connectivity index (χ1v) is 11.4. The van der Waals surface area contributed by atoms with Crippen molar-refractivity contribution in [2.75, 3.05) is 31.0 Å². The van der Waals surface area contributed by atoms with Gasteiger partial charge in [0.25, 0.3) is 6.43 Å². The summed E-state index contributed by atoms with van der Waals surface area (Å²) in [5.41, 5.74) is 0.294. The molecule has 0 spiro atoms. The molecule has 1 unspecified atom stereocenters. The molecule has 10 nitrogen and oxygen atoms in total. The molecule has 1 aromatic carbocycles. The quantitative estimate of drug-likeness (QED) is 0.427. The molecule has 1 saturated heterocycles. The van der Waals surface area contributed by atoms with E-state index < -0.39 is 42.0 Å². The zero-order valence-corrected chi connectivity index (χ0v) is 20.2. The lowest BCUT2D eigenvalue weighted by Crippen LogP contribution is -2.24. The average molecular weight is 518 g/mol. The number of methoxy groups -OCH3 is 1. The molecule has 1 amide bonds. The number of carbonyl (C=O) groups is 1. The van der Waals surface area contributed by atoms with Crippen LogP contribution in [0.5, 0.6) is 6.01 Å². The van der Waals surface area contributed by atoms with Crippen molar-refractivity contribution in [2.45, 2.75) is 38.5 Å². The third-order valence-electron chi connectivity index (χ3n) is 5.76. The number of nitrogens with zero attached hydrogens (tertiary/aromatic N) is 4. The summed E-state index contributed by atoms with van der Waals surface area (Å²) >= 11 is 0. The summed E-state index contributed by atoms with van der Waals surface area (Å²) in [6, 6.07) is 4.50. The Labute approximate surface area is 210 Å². The van der Waals surface area contributed by atoms with Gasteiger partial charge < -0.3 is 24.8 Å². The standard InChI is InChI=1S/C24H25F3N6O4/c1-12(22(34)31-14-7-8-28-29-11-14)19-17(23-36-9-10-37-23)21(33-24(32-19)35-3)30-13(2)15-5-4-6-16(18(15)25)20(26)27/h4-8,11-13,20,23H,9-10H2,1-3H3,(H,28,31,34)(H,30,32,33)/t12?,13-/m1/s1. The minimum absolute atomic E-state index is 0.00659. The second kappa shape index (κ2) is 11.5. The molecule has 37 heavy (non-hydrogen) atoms. The van der Waals surface area contributed by atoms with Crippen molar-refractivity contribution in [3.05, 3.63) is 64.9 Å². The molecule has 0 saturated carbocycles. The van der Waals surface area contributed by atoms with E-state index in [2.05, 4.69) is 30.8 Å². The molecule has 3 aromatic rings. The number of carbonyl (C=O) groups excluding carboxylic acids is 1. The van der Waals surface area contributed by atoms with Gasteiger partial charge in [-0.25, -0.2) is 13.2 Å². The smallest absolute Gasteiger partial charge is 0.318 e. The van der Waals surface area contributed by atoms with Crippen LogP contribution in [-0.2, 0) is 14.3 Å². The molecule has 2 atom stereocenters. The fraction of sp³-hybridized carbons (Fsp3) is 0.375. The van der Waals surface area contributed by atoms with Crippen molar-refractivity contribution >= 4 is 17.4 Å². The number of alkyl halides is 2. The topological polar surface area (TPSA) is 120 Å². The number of nitrogens with one attached hydrogen (secondary N) is 2. The van der Waals surface area contributed by atoms with Crippen molar-refractivity contribution < 1.29 is 32.2 Å². The van der Waals surface area contributed by atoms with Crippen molar-refractivity contribution in [1.29, 1.82) is 0 Å². The van der Waals surface area contributed by atoms with Crippen LogP contribution in [0, 0.1) is 5.82 Å². The number of hydrogen-bond donors (Lipinski definition) is 2. The minimum atomic E-state index is -2.97. The maximum Gasteiger partial charge on any atom is 0.318 e. The van der Waals surface area contributed by atoms with Gasteiger partial charge in [-0.15, -0.1) is 0 Å². The number of benzene rings is 1. The van der Waals surface area contributed by atoms with Gasteiger partial charge in [0.15, 0.2) is 6.29 Å². The Bertz CT molecular complexity index is 1240. The Morgan fingerprint density at radius 1 is 1.11 bits per heavy atom. The Kier molecular flexibility index (Phi) is 8.14. The van der Waals surface area contributed by atoms with Crippen molar-refractivity contribution in [3.8, 4) is 6.01 Å². The van der Waals surface area contributed by atoms with Gasteiger partial charge in [0.2, 0.25) is 5.91 Å². The maximum absolute atomic E-state index is 14.9. The molecule has 1 aliphatic rings. The first-order valence-electron chi connectivity index (χ1n) is 11.4. The van der Waals surface area contributed by atoms with Gasteiger partial charge in [0.1, 0.15) is 11.6 Å². The van der Waals surface area contributed by atoms with Crippen molar-refractivity contribution in [3.63, 3.8) is 0 Å².